The number of thioether (sulfide) groups is 1. The van der Waals surface area contributed by atoms with Gasteiger partial charge in [-0.25, -0.2) is 4.39 Å². The number of amides is 1. The van der Waals surface area contributed by atoms with E-state index in [2.05, 4.69) is 5.32 Å². The van der Waals surface area contributed by atoms with Crippen LogP contribution in [0.15, 0.2) is 42.5 Å². The van der Waals surface area contributed by atoms with Gasteiger partial charge >= 0.3 is 0 Å². The predicted molar refractivity (Wildman–Crippen MR) is 94.2 cm³/mol. The van der Waals surface area contributed by atoms with Crippen LogP contribution in [0.1, 0.15) is 22.8 Å². The Morgan fingerprint density at radius 1 is 1.21 bits per heavy atom. The first-order valence-corrected chi connectivity index (χ1v) is 8.46. The lowest BCUT2D eigenvalue weighted by atomic mass is 10.1. The fourth-order valence-electron chi connectivity index (χ4n) is 2.13. The van der Waals surface area contributed by atoms with Gasteiger partial charge < -0.3 is 10.1 Å². The number of hydrogen-bond acceptors (Lipinski definition) is 4. The zero-order chi connectivity index (χ0) is 17.5. The maximum absolute atomic E-state index is 13.1. The van der Waals surface area contributed by atoms with Crippen molar-refractivity contribution in [2.75, 3.05) is 18.2 Å². The average Bonchev–Trinajstić information content (AvgIpc) is 2.54. The summed E-state index contributed by atoms with van der Waals surface area (Å²) in [5.74, 6) is 0.787. The Balaban J connectivity index is 1.92. The molecular weight excluding hydrogens is 329 g/mol. The van der Waals surface area contributed by atoms with Crippen LogP contribution >= 0.6 is 11.8 Å². The highest BCUT2D eigenvalue weighted by Crippen LogP contribution is 2.25. The van der Waals surface area contributed by atoms with E-state index in [1.807, 2.05) is 0 Å². The second kappa shape index (κ2) is 8.49. The number of carbonyl (C=O) groups is 2. The molecule has 0 radical (unpaired) electrons. The Bertz CT molecular complexity index is 749. The minimum Gasteiger partial charge on any atom is -0.496 e. The molecular formula is C18H18FNO3S. The van der Waals surface area contributed by atoms with Crippen LogP contribution in [0.25, 0.3) is 0 Å². The number of rotatable bonds is 7. The Kier molecular flexibility index (Phi) is 6.37. The number of anilines is 1. The molecule has 0 saturated heterocycles. The first-order chi connectivity index (χ1) is 11.5. The van der Waals surface area contributed by atoms with Crippen LogP contribution in [0.5, 0.6) is 5.75 Å². The van der Waals surface area contributed by atoms with Crippen molar-refractivity contribution in [1.82, 2.24) is 0 Å². The van der Waals surface area contributed by atoms with Crippen LogP contribution in [-0.2, 0) is 10.5 Å². The van der Waals surface area contributed by atoms with Crippen molar-refractivity contribution in [3.05, 3.63) is 59.4 Å². The van der Waals surface area contributed by atoms with Crippen molar-refractivity contribution in [2.24, 2.45) is 0 Å². The summed E-state index contributed by atoms with van der Waals surface area (Å²) in [6, 6.07) is 11.0. The maximum Gasteiger partial charge on any atom is 0.234 e. The second-order valence-corrected chi connectivity index (χ2v) is 6.12. The van der Waals surface area contributed by atoms with E-state index in [1.165, 1.54) is 36.9 Å². The summed E-state index contributed by atoms with van der Waals surface area (Å²) in [5.41, 5.74) is 1.89. The van der Waals surface area contributed by atoms with E-state index < -0.39 is 5.82 Å². The van der Waals surface area contributed by atoms with Gasteiger partial charge in [0.1, 0.15) is 11.6 Å². The Morgan fingerprint density at radius 3 is 2.67 bits per heavy atom. The molecule has 4 nitrogen and oxygen atoms in total. The van der Waals surface area contributed by atoms with Crippen molar-refractivity contribution in [3.8, 4) is 5.75 Å². The van der Waals surface area contributed by atoms with Crippen LogP contribution in [0.4, 0.5) is 10.1 Å². The average molecular weight is 347 g/mol. The molecule has 0 aromatic heterocycles. The first kappa shape index (κ1) is 18.0. The van der Waals surface area contributed by atoms with Crippen LogP contribution < -0.4 is 10.1 Å². The molecule has 2 aromatic rings. The van der Waals surface area contributed by atoms with E-state index in [9.17, 15) is 14.0 Å². The molecule has 0 heterocycles. The topological polar surface area (TPSA) is 55.4 Å². The van der Waals surface area contributed by atoms with Gasteiger partial charge in [-0.3, -0.25) is 9.59 Å². The summed E-state index contributed by atoms with van der Waals surface area (Å²) in [6.45, 7) is 1.51. The minimum atomic E-state index is -0.397. The molecule has 0 unspecified atom stereocenters. The predicted octanol–water partition coefficient (Wildman–Crippen LogP) is 3.91. The van der Waals surface area contributed by atoms with Crippen molar-refractivity contribution in [2.45, 2.75) is 12.7 Å². The second-order valence-electron chi connectivity index (χ2n) is 5.13. The summed E-state index contributed by atoms with van der Waals surface area (Å²) >= 11 is 1.39. The third-order valence-electron chi connectivity index (χ3n) is 3.29. The van der Waals surface area contributed by atoms with E-state index in [0.717, 1.165) is 5.56 Å². The summed E-state index contributed by atoms with van der Waals surface area (Å²) in [4.78, 5) is 23.4. The van der Waals surface area contributed by atoms with Crippen molar-refractivity contribution < 1.29 is 18.7 Å². The van der Waals surface area contributed by atoms with Crippen molar-refractivity contribution in [1.29, 1.82) is 0 Å². The third-order valence-corrected chi connectivity index (χ3v) is 4.27. The number of halogens is 1. The quantitative estimate of drug-likeness (QED) is 0.772. The van der Waals surface area contributed by atoms with E-state index in [1.54, 1.807) is 31.4 Å². The lowest BCUT2D eigenvalue weighted by Crippen LogP contribution is -2.14. The maximum atomic E-state index is 13.1. The third kappa shape index (κ3) is 5.09. The van der Waals surface area contributed by atoms with Crippen LogP contribution in [0.2, 0.25) is 0 Å². The highest BCUT2D eigenvalue weighted by molar-refractivity contribution is 7.99. The summed E-state index contributed by atoms with van der Waals surface area (Å²) < 4.78 is 18.4. The summed E-state index contributed by atoms with van der Waals surface area (Å²) in [6.07, 6.45) is 0. The van der Waals surface area contributed by atoms with Gasteiger partial charge in [-0.1, -0.05) is 6.07 Å². The molecule has 0 bridgehead atoms. The molecule has 0 saturated carbocycles. The standard InChI is InChI=1S/C18H18FNO3S/c1-12(21)13-6-7-17(23-2)14(8-13)10-24-11-18(22)20-16-5-3-4-15(19)9-16/h3-9H,10-11H2,1-2H3,(H,20,22). The van der Waals surface area contributed by atoms with E-state index >= 15 is 0 Å². The number of hydrogen-bond donors (Lipinski definition) is 1. The lowest BCUT2D eigenvalue weighted by molar-refractivity contribution is -0.113. The van der Waals surface area contributed by atoms with Gasteiger partial charge in [-0.05, 0) is 43.3 Å². The zero-order valence-corrected chi connectivity index (χ0v) is 14.3. The molecule has 1 amide bonds. The van der Waals surface area contributed by atoms with E-state index in [0.29, 0.717) is 22.8 Å². The van der Waals surface area contributed by atoms with E-state index in [-0.39, 0.29) is 17.4 Å². The normalized spacial score (nSPS) is 10.3. The number of carbonyl (C=O) groups excluding carboxylic acids is 2. The molecule has 24 heavy (non-hydrogen) atoms. The number of Topliss-reactive ketones (excluding diaryl/α,β-unsaturated/α-hetero) is 1. The summed E-state index contributed by atoms with van der Waals surface area (Å²) in [7, 11) is 1.56. The molecule has 0 aliphatic rings. The molecule has 6 heteroatoms. The van der Waals surface area contributed by atoms with Gasteiger partial charge in [0.25, 0.3) is 0 Å². The molecule has 0 fully saturated rings. The van der Waals surface area contributed by atoms with Crippen molar-refractivity contribution in [3.63, 3.8) is 0 Å². The molecule has 2 rings (SSSR count). The molecule has 0 aliphatic heterocycles. The molecule has 1 N–H and O–H groups in total. The van der Waals surface area contributed by atoms with Crippen molar-refractivity contribution >= 4 is 29.1 Å². The molecule has 0 aliphatic carbocycles. The van der Waals surface area contributed by atoms with Gasteiger partial charge in [0.2, 0.25) is 5.91 Å². The SMILES string of the molecule is COc1ccc(C(C)=O)cc1CSCC(=O)Nc1cccc(F)c1. The van der Waals surface area contributed by atoms with Gasteiger partial charge in [0.05, 0.1) is 12.9 Å². The van der Waals surface area contributed by atoms with Gasteiger partial charge in [0, 0.05) is 22.6 Å². The summed E-state index contributed by atoms with van der Waals surface area (Å²) in [5, 5.41) is 2.64. The molecule has 0 spiro atoms. The monoisotopic (exact) mass is 347 g/mol. The van der Waals surface area contributed by atoms with E-state index in [4.69, 9.17) is 4.74 Å². The Hall–Kier alpha value is -2.34. The van der Waals surface area contributed by atoms with Gasteiger partial charge in [0.15, 0.2) is 5.78 Å². The molecule has 126 valence electrons. The lowest BCUT2D eigenvalue weighted by Gasteiger charge is -2.10. The molecule has 0 atom stereocenters. The number of ketones is 1. The highest BCUT2D eigenvalue weighted by atomic mass is 32.2. The fraction of sp³-hybridized carbons (Fsp3) is 0.222. The van der Waals surface area contributed by atoms with Gasteiger partial charge in [-0.2, -0.15) is 0 Å². The highest BCUT2D eigenvalue weighted by Gasteiger charge is 2.09. The van der Waals surface area contributed by atoms with Crippen LogP contribution in [0.3, 0.4) is 0 Å². The molecule has 2 aromatic carbocycles. The smallest absolute Gasteiger partial charge is 0.234 e. The number of methoxy groups -OCH3 is 1. The minimum absolute atomic E-state index is 0.0206. The van der Waals surface area contributed by atoms with Crippen LogP contribution in [-0.4, -0.2) is 24.6 Å². The number of benzene rings is 2. The number of ether oxygens (including phenoxy) is 1. The Labute approximate surface area is 144 Å². The zero-order valence-electron chi connectivity index (χ0n) is 13.5. The largest absolute Gasteiger partial charge is 0.496 e. The number of nitrogens with one attached hydrogen (secondary N) is 1. The Morgan fingerprint density at radius 2 is 2.00 bits per heavy atom. The van der Waals surface area contributed by atoms with Crippen LogP contribution in [0, 0.1) is 5.82 Å². The fourth-order valence-corrected chi connectivity index (χ4v) is 2.93. The first-order valence-electron chi connectivity index (χ1n) is 7.30. The van der Waals surface area contributed by atoms with Gasteiger partial charge in [-0.15, -0.1) is 11.8 Å².